The van der Waals surface area contributed by atoms with E-state index < -0.39 is 5.97 Å². The van der Waals surface area contributed by atoms with Crippen molar-refractivity contribution in [1.29, 1.82) is 0 Å². The van der Waals surface area contributed by atoms with Crippen LogP contribution in [0.15, 0.2) is 24.4 Å². The van der Waals surface area contributed by atoms with Crippen molar-refractivity contribution in [3.63, 3.8) is 0 Å². The average molecular weight is 251 g/mol. The van der Waals surface area contributed by atoms with Crippen molar-refractivity contribution in [2.75, 3.05) is 0 Å². The topological polar surface area (TPSA) is 64.3 Å². The zero-order valence-corrected chi connectivity index (χ0v) is 9.31. The Morgan fingerprint density at radius 2 is 2.35 bits per heavy atom. The number of fused-ring (bicyclic) bond motifs is 3. The summed E-state index contributed by atoms with van der Waals surface area (Å²) in [6, 6.07) is 5.19. The molecule has 17 heavy (non-hydrogen) atoms. The number of ether oxygens (including phenoxy) is 1. The van der Waals surface area contributed by atoms with Crippen LogP contribution in [0.4, 0.5) is 0 Å². The third kappa shape index (κ3) is 1.55. The maximum absolute atomic E-state index is 10.9. The molecule has 5 nitrogen and oxygen atoms in total. The molecule has 1 aromatic heterocycles. The number of aromatic nitrogens is 2. The molecule has 6 heteroatoms. The van der Waals surface area contributed by atoms with Gasteiger partial charge in [0.05, 0.1) is 5.69 Å². The van der Waals surface area contributed by atoms with Crippen molar-refractivity contribution >= 4 is 17.6 Å². The second kappa shape index (κ2) is 3.49. The Morgan fingerprint density at radius 1 is 1.53 bits per heavy atom. The van der Waals surface area contributed by atoms with Crippen LogP contribution in [0.25, 0.3) is 5.69 Å². The zero-order chi connectivity index (χ0) is 12.0. The fourth-order valence-electron chi connectivity index (χ4n) is 1.78. The van der Waals surface area contributed by atoms with E-state index in [-0.39, 0.29) is 12.3 Å². The van der Waals surface area contributed by atoms with Crippen molar-refractivity contribution in [1.82, 2.24) is 9.55 Å². The highest BCUT2D eigenvalue weighted by Gasteiger charge is 2.21. The number of halogens is 1. The highest BCUT2D eigenvalue weighted by molar-refractivity contribution is 6.30. The molecule has 86 valence electrons. The van der Waals surface area contributed by atoms with Gasteiger partial charge >= 0.3 is 5.97 Å². The van der Waals surface area contributed by atoms with Crippen LogP contribution in [0.2, 0.25) is 5.02 Å². The van der Waals surface area contributed by atoms with E-state index in [1.165, 1.54) is 6.20 Å². The molecule has 3 rings (SSSR count). The van der Waals surface area contributed by atoms with Crippen LogP contribution < -0.4 is 4.74 Å². The number of hydrogen-bond acceptors (Lipinski definition) is 3. The molecule has 0 saturated heterocycles. The smallest absolute Gasteiger partial charge is 0.356 e. The largest absolute Gasteiger partial charge is 0.483 e. The first kappa shape index (κ1) is 10.2. The first-order valence-corrected chi connectivity index (χ1v) is 5.27. The molecule has 1 aromatic carbocycles. The standard InChI is InChI=1S/C11H7ClN2O3/c12-6-1-2-9-8(3-6)14-4-7(11(15)16)13-10(14)5-17-9/h1-4H,5H2,(H,15,16). The number of imidazole rings is 1. The number of carboxylic acid groups (broad SMARTS) is 1. The minimum absolute atomic E-state index is 0.00331. The summed E-state index contributed by atoms with van der Waals surface area (Å²) >= 11 is 5.91. The Kier molecular flexibility index (Phi) is 2.09. The van der Waals surface area contributed by atoms with Gasteiger partial charge in [-0.1, -0.05) is 11.6 Å². The summed E-state index contributed by atoms with van der Waals surface area (Å²) in [7, 11) is 0. The summed E-state index contributed by atoms with van der Waals surface area (Å²) in [5.74, 6) is 0.156. The van der Waals surface area contributed by atoms with Crippen molar-refractivity contribution in [3.8, 4) is 11.4 Å². The molecule has 1 aliphatic rings. The van der Waals surface area contributed by atoms with Crippen LogP contribution in [0, 0.1) is 0 Å². The molecule has 0 aliphatic carbocycles. The summed E-state index contributed by atoms with van der Waals surface area (Å²) in [4.78, 5) is 14.8. The van der Waals surface area contributed by atoms with Crippen molar-refractivity contribution in [2.24, 2.45) is 0 Å². The summed E-state index contributed by atoms with van der Waals surface area (Å²) in [6.07, 6.45) is 1.47. The third-order valence-corrected chi connectivity index (χ3v) is 2.77. The van der Waals surface area contributed by atoms with E-state index in [1.807, 2.05) is 0 Å². The first-order valence-electron chi connectivity index (χ1n) is 4.89. The van der Waals surface area contributed by atoms with Crippen molar-refractivity contribution in [2.45, 2.75) is 6.61 Å². The van der Waals surface area contributed by atoms with Gasteiger partial charge in [-0.3, -0.25) is 4.57 Å². The fraction of sp³-hybridized carbons (Fsp3) is 0.0909. The van der Waals surface area contributed by atoms with Crippen LogP contribution >= 0.6 is 11.6 Å². The lowest BCUT2D eigenvalue weighted by Crippen LogP contribution is -2.12. The number of aromatic carboxylic acids is 1. The van der Waals surface area contributed by atoms with Gasteiger partial charge in [-0.2, -0.15) is 0 Å². The van der Waals surface area contributed by atoms with Crippen LogP contribution in [-0.4, -0.2) is 20.6 Å². The molecule has 0 saturated carbocycles. The molecule has 0 amide bonds. The number of carboxylic acids is 1. The normalized spacial score (nSPS) is 12.5. The number of nitrogens with zero attached hydrogens (tertiary/aromatic N) is 2. The van der Waals surface area contributed by atoms with E-state index in [1.54, 1.807) is 22.8 Å². The third-order valence-electron chi connectivity index (χ3n) is 2.54. The quantitative estimate of drug-likeness (QED) is 0.842. The van der Waals surface area contributed by atoms with Gasteiger partial charge in [-0.05, 0) is 18.2 Å². The van der Waals surface area contributed by atoms with Crippen molar-refractivity contribution in [3.05, 3.63) is 40.9 Å². The lowest BCUT2D eigenvalue weighted by Gasteiger charge is -2.19. The zero-order valence-electron chi connectivity index (χ0n) is 8.55. The van der Waals surface area contributed by atoms with E-state index in [0.717, 1.165) is 0 Å². The molecular weight excluding hydrogens is 244 g/mol. The summed E-state index contributed by atoms with van der Waals surface area (Å²) in [6.45, 7) is 0.252. The molecule has 1 aliphatic heterocycles. The van der Waals surface area contributed by atoms with Gasteiger partial charge in [0.25, 0.3) is 0 Å². The van der Waals surface area contributed by atoms with Crippen LogP contribution in [-0.2, 0) is 6.61 Å². The SMILES string of the molecule is O=C(O)c1cn2c(n1)COc1ccc(Cl)cc1-2. The molecule has 0 radical (unpaired) electrons. The summed E-state index contributed by atoms with van der Waals surface area (Å²) < 4.78 is 7.15. The maximum atomic E-state index is 10.9. The number of carbonyl (C=O) groups is 1. The lowest BCUT2D eigenvalue weighted by molar-refractivity contribution is 0.0691. The molecule has 0 bridgehead atoms. The van der Waals surface area contributed by atoms with Gasteiger partial charge in [0.2, 0.25) is 0 Å². The Morgan fingerprint density at radius 3 is 3.12 bits per heavy atom. The van der Waals surface area contributed by atoms with Gasteiger partial charge in [-0.25, -0.2) is 9.78 Å². The van der Waals surface area contributed by atoms with Gasteiger partial charge in [0.1, 0.15) is 12.4 Å². The predicted molar refractivity (Wildman–Crippen MR) is 59.9 cm³/mol. The number of hydrogen-bond donors (Lipinski definition) is 1. The molecule has 0 spiro atoms. The summed E-state index contributed by atoms with van der Waals surface area (Å²) in [5.41, 5.74) is 0.704. The lowest BCUT2D eigenvalue weighted by atomic mass is 10.2. The number of benzene rings is 1. The predicted octanol–water partition coefficient (Wildman–Crippen LogP) is 2.12. The minimum Gasteiger partial charge on any atom is -0.483 e. The molecular formula is C11H7ClN2O3. The van der Waals surface area contributed by atoms with Crippen LogP contribution in [0.1, 0.15) is 16.3 Å². The number of rotatable bonds is 1. The van der Waals surface area contributed by atoms with E-state index in [0.29, 0.717) is 22.3 Å². The minimum atomic E-state index is -1.06. The van der Waals surface area contributed by atoms with Gasteiger partial charge in [0.15, 0.2) is 11.5 Å². The van der Waals surface area contributed by atoms with Gasteiger partial charge in [-0.15, -0.1) is 0 Å². The first-order chi connectivity index (χ1) is 8.15. The molecule has 1 N–H and O–H groups in total. The monoisotopic (exact) mass is 250 g/mol. The van der Waals surface area contributed by atoms with Crippen LogP contribution in [0.5, 0.6) is 5.75 Å². The van der Waals surface area contributed by atoms with Gasteiger partial charge in [0, 0.05) is 11.2 Å². The molecule has 2 aromatic rings. The summed E-state index contributed by atoms with van der Waals surface area (Å²) in [5, 5.41) is 9.45. The van der Waals surface area contributed by atoms with Crippen molar-refractivity contribution < 1.29 is 14.6 Å². The highest BCUT2D eigenvalue weighted by Crippen LogP contribution is 2.31. The second-order valence-corrected chi connectivity index (χ2v) is 4.05. The molecule has 0 fully saturated rings. The van der Waals surface area contributed by atoms with Crippen LogP contribution in [0.3, 0.4) is 0 Å². The van der Waals surface area contributed by atoms with Gasteiger partial charge < -0.3 is 9.84 Å². The Hall–Kier alpha value is -2.01. The maximum Gasteiger partial charge on any atom is 0.356 e. The molecule has 0 atom stereocenters. The van der Waals surface area contributed by atoms with E-state index in [2.05, 4.69) is 4.98 Å². The fourth-order valence-corrected chi connectivity index (χ4v) is 1.94. The molecule has 2 heterocycles. The second-order valence-electron chi connectivity index (χ2n) is 3.62. The Bertz CT molecular complexity index is 621. The Labute approximate surface area is 101 Å². The highest BCUT2D eigenvalue weighted by atomic mass is 35.5. The van der Waals surface area contributed by atoms with E-state index >= 15 is 0 Å². The average Bonchev–Trinajstić information content (AvgIpc) is 2.73. The van der Waals surface area contributed by atoms with E-state index in [9.17, 15) is 4.79 Å². The van der Waals surface area contributed by atoms with E-state index in [4.69, 9.17) is 21.4 Å². The Balaban J connectivity index is 2.21. The molecule has 0 unspecified atom stereocenters.